The largest absolute Gasteiger partial charge is 0.417 e. The van der Waals surface area contributed by atoms with Gasteiger partial charge in [-0.25, -0.2) is 4.79 Å². The predicted molar refractivity (Wildman–Crippen MR) is 138 cm³/mol. The summed E-state index contributed by atoms with van der Waals surface area (Å²) in [5.74, 6) is -0.185. The number of amides is 3. The molecule has 0 radical (unpaired) electrons. The lowest BCUT2D eigenvalue weighted by molar-refractivity contribution is -0.137. The molecule has 4 N–H and O–H groups in total. The Hall–Kier alpha value is -4.50. The van der Waals surface area contributed by atoms with Gasteiger partial charge in [-0.15, -0.1) is 0 Å². The number of alkyl halides is 3. The molecule has 0 saturated heterocycles. The van der Waals surface area contributed by atoms with E-state index in [-0.39, 0.29) is 11.6 Å². The molecule has 6 nitrogen and oxygen atoms in total. The monoisotopic (exact) mass is 522 g/mol. The fourth-order valence-corrected chi connectivity index (χ4v) is 4.19. The second kappa shape index (κ2) is 9.51. The van der Waals surface area contributed by atoms with Crippen molar-refractivity contribution in [3.63, 3.8) is 0 Å². The van der Waals surface area contributed by atoms with Crippen LogP contribution in [0.4, 0.5) is 35.0 Å². The van der Waals surface area contributed by atoms with Crippen LogP contribution in [0, 0.1) is 0 Å². The van der Waals surface area contributed by atoms with E-state index in [2.05, 4.69) is 20.9 Å². The van der Waals surface area contributed by atoms with Gasteiger partial charge in [-0.05, 0) is 65.7 Å². The fourth-order valence-electron chi connectivity index (χ4n) is 3.97. The van der Waals surface area contributed by atoms with Crippen LogP contribution in [0.1, 0.15) is 16.8 Å². The molecule has 0 unspecified atom stereocenters. The van der Waals surface area contributed by atoms with Gasteiger partial charge in [0.25, 0.3) is 5.91 Å². The number of carbonyl (C=O) groups excluding carboxylic acids is 2. The topological polar surface area (TPSA) is 86.0 Å². The van der Waals surface area contributed by atoms with Gasteiger partial charge in [-0.3, -0.25) is 4.79 Å². The number of benzene rings is 3. The van der Waals surface area contributed by atoms with Crippen molar-refractivity contribution in [2.24, 2.45) is 0 Å². The van der Waals surface area contributed by atoms with E-state index in [4.69, 9.17) is 11.6 Å². The summed E-state index contributed by atoms with van der Waals surface area (Å²) in [5.41, 5.74) is 3.96. The number of halogens is 4. The molecule has 37 heavy (non-hydrogen) atoms. The molecule has 0 aliphatic carbocycles. The maximum atomic E-state index is 13.0. The lowest BCUT2D eigenvalue weighted by atomic mass is 10.00. The van der Waals surface area contributed by atoms with Crippen LogP contribution in [0.3, 0.4) is 0 Å². The van der Waals surface area contributed by atoms with Crippen LogP contribution in [0.15, 0.2) is 79.0 Å². The van der Waals surface area contributed by atoms with Crippen LogP contribution >= 0.6 is 11.6 Å². The Balaban J connectivity index is 1.28. The van der Waals surface area contributed by atoms with Crippen molar-refractivity contribution in [2.45, 2.75) is 6.18 Å². The summed E-state index contributed by atoms with van der Waals surface area (Å²) in [6.07, 6.45) is -1.06. The molecule has 1 aliphatic rings. The summed E-state index contributed by atoms with van der Waals surface area (Å²) in [6, 6.07) is 18.7. The van der Waals surface area contributed by atoms with Gasteiger partial charge in [0.15, 0.2) is 0 Å². The number of anilines is 3. The average molecular weight is 523 g/mol. The minimum Gasteiger partial charge on any atom is -0.362 e. The van der Waals surface area contributed by atoms with Crippen LogP contribution < -0.4 is 16.0 Å². The molecule has 1 aromatic heterocycles. The second-order valence-electron chi connectivity index (χ2n) is 8.25. The zero-order valence-corrected chi connectivity index (χ0v) is 19.7. The molecule has 0 atom stereocenters. The number of hydrogen-bond donors (Lipinski definition) is 4. The number of fused-ring (bicyclic) bond motifs is 1. The van der Waals surface area contributed by atoms with Crippen molar-refractivity contribution in [3.05, 3.63) is 101 Å². The molecule has 1 aliphatic heterocycles. The highest BCUT2D eigenvalue weighted by molar-refractivity contribution is 6.35. The van der Waals surface area contributed by atoms with E-state index in [1.54, 1.807) is 36.5 Å². The standard InChI is InChI=1S/C27H18ClF3N4O2/c28-23-10-8-19(14-22(23)27(29,30)31)34-26(37)33-17-6-3-15(4-7-17)16-5-9-20-21(13-18-2-1-11-32-18)25(36)35-24(20)12-16/h1-14,32H,(H,35,36)(H2,33,34,37)/b21-13-. The van der Waals surface area contributed by atoms with Gasteiger partial charge < -0.3 is 20.9 Å². The van der Waals surface area contributed by atoms with Gasteiger partial charge in [0.2, 0.25) is 0 Å². The number of rotatable bonds is 4. The molecule has 0 spiro atoms. The summed E-state index contributed by atoms with van der Waals surface area (Å²) in [7, 11) is 0. The van der Waals surface area contributed by atoms with Crippen LogP contribution in [-0.2, 0) is 11.0 Å². The summed E-state index contributed by atoms with van der Waals surface area (Å²) in [4.78, 5) is 27.8. The van der Waals surface area contributed by atoms with Crippen LogP contribution in [0.25, 0.3) is 22.8 Å². The first-order valence-electron chi connectivity index (χ1n) is 11.0. The molecule has 3 amide bonds. The zero-order chi connectivity index (χ0) is 26.2. The highest BCUT2D eigenvalue weighted by Crippen LogP contribution is 2.37. The van der Waals surface area contributed by atoms with E-state index in [0.29, 0.717) is 16.9 Å². The molecular formula is C27H18ClF3N4O2. The number of H-pyrrole nitrogens is 1. The molecule has 3 aromatic carbocycles. The Kier molecular flexibility index (Phi) is 6.22. The molecule has 0 saturated carbocycles. The third kappa shape index (κ3) is 5.22. The summed E-state index contributed by atoms with van der Waals surface area (Å²) in [5, 5.41) is 7.39. The van der Waals surface area contributed by atoms with Gasteiger partial charge in [-0.1, -0.05) is 35.9 Å². The Bertz CT molecular complexity index is 1530. The number of hydrogen-bond acceptors (Lipinski definition) is 2. The summed E-state index contributed by atoms with van der Waals surface area (Å²) in [6.45, 7) is 0. The quantitative estimate of drug-likeness (QED) is 0.209. The molecule has 0 fully saturated rings. The SMILES string of the molecule is O=C(Nc1ccc(-c2ccc3c(c2)NC(=O)/C3=C\c2ccc[nH]2)cc1)Nc1ccc(Cl)c(C(F)(F)F)c1. The molecular weight excluding hydrogens is 505 g/mol. The Morgan fingerprint density at radius 2 is 1.59 bits per heavy atom. The molecule has 4 aromatic rings. The third-order valence-electron chi connectivity index (χ3n) is 5.73. The van der Waals surface area contributed by atoms with E-state index in [1.165, 1.54) is 6.07 Å². The fraction of sp³-hybridized carbons (Fsp3) is 0.0370. The molecule has 5 rings (SSSR count). The number of nitrogens with one attached hydrogen (secondary N) is 4. The Labute approximate surface area is 214 Å². The van der Waals surface area contributed by atoms with Crippen LogP contribution in [0.5, 0.6) is 0 Å². The second-order valence-corrected chi connectivity index (χ2v) is 8.65. The van der Waals surface area contributed by atoms with E-state index >= 15 is 0 Å². The van der Waals surface area contributed by atoms with Crippen molar-refractivity contribution in [1.82, 2.24) is 4.98 Å². The lowest BCUT2D eigenvalue weighted by Gasteiger charge is -2.12. The number of aromatic amines is 1. The average Bonchev–Trinajstić information content (AvgIpc) is 3.47. The molecule has 2 heterocycles. The molecule has 186 valence electrons. The van der Waals surface area contributed by atoms with E-state index in [9.17, 15) is 22.8 Å². The normalized spacial score (nSPS) is 13.8. The van der Waals surface area contributed by atoms with Crippen molar-refractivity contribution >= 4 is 52.3 Å². The van der Waals surface area contributed by atoms with Crippen molar-refractivity contribution in [1.29, 1.82) is 0 Å². The third-order valence-corrected chi connectivity index (χ3v) is 6.06. The minimum absolute atomic E-state index is 0.0456. The van der Waals surface area contributed by atoms with Gasteiger partial charge in [0.1, 0.15) is 0 Å². The van der Waals surface area contributed by atoms with Gasteiger partial charge >= 0.3 is 12.2 Å². The minimum atomic E-state index is -4.64. The van der Waals surface area contributed by atoms with Crippen LogP contribution in [0.2, 0.25) is 5.02 Å². The number of aromatic nitrogens is 1. The van der Waals surface area contributed by atoms with E-state index in [1.807, 2.05) is 30.3 Å². The van der Waals surface area contributed by atoms with Gasteiger partial charge in [0, 0.05) is 34.5 Å². The Morgan fingerprint density at radius 1 is 0.892 bits per heavy atom. The van der Waals surface area contributed by atoms with Crippen molar-refractivity contribution in [2.75, 3.05) is 16.0 Å². The highest BCUT2D eigenvalue weighted by atomic mass is 35.5. The first kappa shape index (κ1) is 24.2. The smallest absolute Gasteiger partial charge is 0.362 e. The summed E-state index contributed by atoms with van der Waals surface area (Å²) >= 11 is 5.61. The number of urea groups is 1. The predicted octanol–water partition coefficient (Wildman–Crippen LogP) is 7.49. The van der Waals surface area contributed by atoms with Gasteiger partial charge in [0.05, 0.1) is 16.2 Å². The van der Waals surface area contributed by atoms with E-state index < -0.39 is 22.8 Å². The maximum absolute atomic E-state index is 13.0. The lowest BCUT2D eigenvalue weighted by Crippen LogP contribution is -2.19. The highest BCUT2D eigenvalue weighted by Gasteiger charge is 2.33. The maximum Gasteiger partial charge on any atom is 0.417 e. The molecule has 0 bridgehead atoms. The van der Waals surface area contributed by atoms with Gasteiger partial charge in [-0.2, -0.15) is 13.2 Å². The van der Waals surface area contributed by atoms with Crippen LogP contribution in [-0.4, -0.2) is 16.9 Å². The van der Waals surface area contributed by atoms with Crippen molar-refractivity contribution < 1.29 is 22.8 Å². The molecule has 10 heteroatoms. The first-order chi connectivity index (χ1) is 17.7. The zero-order valence-electron chi connectivity index (χ0n) is 18.9. The number of carbonyl (C=O) groups is 2. The first-order valence-corrected chi connectivity index (χ1v) is 11.4. The summed E-state index contributed by atoms with van der Waals surface area (Å²) < 4.78 is 39.1. The van der Waals surface area contributed by atoms with E-state index in [0.717, 1.165) is 34.5 Å². The van der Waals surface area contributed by atoms with Crippen molar-refractivity contribution in [3.8, 4) is 11.1 Å². The Morgan fingerprint density at radius 3 is 2.30 bits per heavy atom.